The van der Waals surface area contributed by atoms with Crippen LogP contribution in [-0.4, -0.2) is 28.1 Å². The molecule has 3 unspecified atom stereocenters. The molecule has 0 saturated heterocycles. The Balaban J connectivity index is 1.37. The maximum Gasteiger partial charge on any atom is 0.272 e. The molecule has 1 aromatic carbocycles. The van der Waals surface area contributed by atoms with Gasteiger partial charge < -0.3 is 10.1 Å². The fourth-order valence-electron chi connectivity index (χ4n) is 6.29. The van der Waals surface area contributed by atoms with E-state index in [1.807, 2.05) is 22.9 Å². The second kappa shape index (κ2) is 9.26. The minimum atomic E-state index is -0.0748. The van der Waals surface area contributed by atoms with E-state index in [-0.39, 0.29) is 5.91 Å². The van der Waals surface area contributed by atoms with Gasteiger partial charge >= 0.3 is 0 Å². The van der Waals surface area contributed by atoms with Gasteiger partial charge in [-0.25, -0.2) is 0 Å². The lowest BCUT2D eigenvalue weighted by Gasteiger charge is -2.60. The van der Waals surface area contributed by atoms with E-state index < -0.39 is 0 Å². The number of hydrogen-bond acceptors (Lipinski definition) is 3. The lowest BCUT2D eigenvalue weighted by atomic mass is 9.45. The van der Waals surface area contributed by atoms with E-state index in [2.05, 4.69) is 35.1 Å². The number of hydrogen-bond donors (Lipinski definition) is 1. The summed E-state index contributed by atoms with van der Waals surface area (Å²) in [7, 11) is 0. The Kier molecular flexibility index (Phi) is 6.51. The molecule has 1 N–H and O–H groups in total. The first-order valence-electron chi connectivity index (χ1n) is 12.3. The predicted molar refractivity (Wildman–Crippen MR) is 135 cm³/mol. The van der Waals surface area contributed by atoms with Gasteiger partial charge in [0.05, 0.1) is 5.69 Å². The number of halogens is 2. The molecule has 0 radical (unpaired) electrons. The highest BCUT2D eigenvalue weighted by Crippen LogP contribution is 2.61. The molecule has 1 aliphatic heterocycles. The summed E-state index contributed by atoms with van der Waals surface area (Å²) in [5.74, 6) is 3.59. The van der Waals surface area contributed by atoms with E-state index in [4.69, 9.17) is 21.4 Å². The van der Waals surface area contributed by atoms with Crippen molar-refractivity contribution in [1.82, 2.24) is 15.1 Å². The predicted octanol–water partition coefficient (Wildman–Crippen LogP) is 6.42. The van der Waals surface area contributed by atoms with Crippen LogP contribution in [0.3, 0.4) is 0 Å². The van der Waals surface area contributed by atoms with Gasteiger partial charge in [-0.15, -0.1) is 11.6 Å². The van der Waals surface area contributed by atoms with E-state index in [1.165, 1.54) is 19.3 Å². The molecule has 3 atom stereocenters. The highest BCUT2D eigenvalue weighted by molar-refractivity contribution is 9.10. The van der Waals surface area contributed by atoms with Crippen LogP contribution >= 0.6 is 27.5 Å². The zero-order valence-corrected chi connectivity index (χ0v) is 21.8. The lowest BCUT2D eigenvalue weighted by Crippen LogP contribution is -2.54. The minimum absolute atomic E-state index is 0.0748. The molecular formula is C26H33BrClN3O2. The highest BCUT2D eigenvalue weighted by Gasteiger charge is 2.54. The van der Waals surface area contributed by atoms with Gasteiger partial charge in [-0.05, 0) is 73.5 Å². The number of ether oxygens (including phenoxy) is 1. The van der Waals surface area contributed by atoms with Gasteiger partial charge in [0.15, 0.2) is 5.69 Å². The maximum absolute atomic E-state index is 13.3. The molecule has 3 aliphatic carbocycles. The van der Waals surface area contributed by atoms with Gasteiger partial charge in [0.25, 0.3) is 5.91 Å². The van der Waals surface area contributed by atoms with Crippen molar-refractivity contribution in [3.05, 3.63) is 33.9 Å². The van der Waals surface area contributed by atoms with Crippen molar-refractivity contribution in [3.8, 4) is 17.0 Å². The Morgan fingerprint density at radius 2 is 2.15 bits per heavy atom. The van der Waals surface area contributed by atoms with Crippen molar-refractivity contribution in [2.75, 3.05) is 12.4 Å². The standard InChI is InChI=1S/C26H33BrClN3O2/c1-26(2)17-7-6-16(21(26)12-17)14-29-25(32)23-20-15-33-22-13-18(27)8-9-19(22)24(20)31(30-23)11-5-3-4-10-28/h8-9,13,16-17,21H,3-7,10-12,14-15H2,1-2H3,(H,29,32). The van der Waals surface area contributed by atoms with Gasteiger partial charge in [0.1, 0.15) is 12.4 Å². The van der Waals surface area contributed by atoms with Crippen LogP contribution in [0, 0.1) is 23.2 Å². The minimum Gasteiger partial charge on any atom is -0.488 e. The van der Waals surface area contributed by atoms with Crippen molar-refractivity contribution in [3.63, 3.8) is 0 Å². The number of rotatable bonds is 8. The Bertz CT molecular complexity index is 1050. The summed E-state index contributed by atoms with van der Waals surface area (Å²) < 4.78 is 9.03. The average molecular weight is 535 g/mol. The summed E-state index contributed by atoms with van der Waals surface area (Å²) in [4.78, 5) is 13.3. The number of benzene rings is 1. The van der Waals surface area contributed by atoms with Crippen LogP contribution in [0.15, 0.2) is 22.7 Å². The van der Waals surface area contributed by atoms with Crippen molar-refractivity contribution in [2.45, 2.75) is 65.5 Å². The Morgan fingerprint density at radius 3 is 2.91 bits per heavy atom. The monoisotopic (exact) mass is 533 g/mol. The summed E-state index contributed by atoms with van der Waals surface area (Å²) in [5, 5.41) is 8.05. The number of nitrogens with zero attached hydrogens (tertiary/aromatic N) is 2. The molecule has 178 valence electrons. The van der Waals surface area contributed by atoms with Crippen LogP contribution in [-0.2, 0) is 13.2 Å². The molecule has 2 bridgehead atoms. The summed E-state index contributed by atoms with van der Waals surface area (Å²) in [6.45, 7) is 6.66. The van der Waals surface area contributed by atoms with Crippen molar-refractivity contribution >= 4 is 33.4 Å². The molecule has 0 spiro atoms. The molecule has 2 heterocycles. The van der Waals surface area contributed by atoms with Crippen LogP contribution in [0.2, 0.25) is 0 Å². The molecule has 3 fully saturated rings. The summed E-state index contributed by atoms with van der Waals surface area (Å²) in [6, 6.07) is 6.05. The number of amides is 1. The van der Waals surface area contributed by atoms with E-state index >= 15 is 0 Å². The quantitative estimate of drug-likeness (QED) is 0.314. The molecule has 1 aromatic heterocycles. The molecule has 2 aromatic rings. The van der Waals surface area contributed by atoms with Gasteiger partial charge in [-0.1, -0.05) is 36.2 Å². The lowest BCUT2D eigenvalue weighted by molar-refractivity contribution is -0.103. The molecule has 33 heavy (non-hydrogen) atoms. The third kappa shape index (κ3) is 4.22. The largest absolute Gasteiger partial charge is 0.488 e. The number of carbonyl (C=O) groups is 1. The first-order valence-corrected chi connectivity index (χ1v) is 13.6. The normalized spacial score (nSPS) is 24.3. The number of unbranched alkanes of at least 4 members (excludes halogenated alkanes) is 2. The molecule has 4 aliphatic rings. The van der Waals surface area contributed by atoms with Gasteiger partial charge in [-0.2, -0.15) is 5.10 Å². The van der Waals surface area contributed by atoms with Gasteiger partial charge in [0, 0.05) is 34.6 Å². The van der Waals surface area contributed by atoms with E-state index in [1.54, 1.807) is 0 Å². The second-order valence-electron chi connectivity index (χ2n) is 10.5. The summed E-state index contributed by atoms with van der Waals surface area (Å²) in [6.07, 6.45) is 6.84. The van der Waals surface area contributed by atoms with Gasteiger partial charge in [-0.3, -0.25) is 9.48 Å². The smallest absolute Gasteiger partial charge is 0.272 e. The van der Waals surface area contributed by atoms with E-state index in [0.29, 0.717) is 29.5 Å². The second-order valence-corrected chi connectivity index (χ2v) is 11.8. The average Bonchev–Trinajstić information content (AvgIpc) is 3.19. The number of aromatic nitrogens is 2. The number of alkyl halides is 1. The third-order valence-corrected chi connectivity index (χ3v) is 9.13. The Hall–Kier alpha value is -1.53. The zero-order chi connectivity index (χ0) is 23.2. The maximum atomic E-state index is 13.3. The van der Waals surface area contributed by atoms with E-state index in [9.17, 15) is 4.79 Å². The first-order chi connectivity index (χ1) is 15.9. The van der Waals surface area contributed by atoms with Crippen molar-refractivity contribution < 1.29 is 9.53 Å². The topological polar surface area (TPSA) is 56.2 Å². The fourth-order valence-corrected chi connectivity index (χ4v) is 6.82. The summed E-state index contributed by atoms with van der Waals surface area (Å²) in [5.41, 5.74) is 3.84. The molecule has 7 heteroatoms. The zero-order valence-electron chi connectivity index (χ0n) is 19.5. The number of aryl methyl sites for hydroxylation is 1. The fraction of sp³-hybridized carbons (Fsp3) is 0.615. The van der Waals surface area contributed by atoms with Crippen molar-refractivity contribution in [2.24, 2.45) is 23.2 Å². The van der Waals surface area contributed by atoms with Crippen LogP contribution in [0.4, 0.5) is 0 Å². The van der Waals surface area contributed by atoms with Gasteiger partial charge in [0.2, 0.25) is 0 Å². The van der Waals surface area contributed by atoms with Crippen LogP contribution in [0.25, 0.3) is 11.3 Å². The Labute approximate surface area is 209 Å². The highest BCUT2D eigenvalue weighted by atomic mass is 79.9. The summed E-state index contributed by atoms with van der Waals surface area (Å²) >= 11 is 9.39. The van der Waals surface area contributed by atoms with Crippen LogP contribution in [0.5, 0.6) is 5.75 Å². The molecule has 1 amide bonds. The Morgan fingerprint density at radius 1 is 1.30 bits per heavy atom. The third-order valence-electron chi connectivity index (χ3n) is 8.37. The van der Waals surface area contributed by atoms with E-state index in [0.717, 1.165) is 71.2 Å². The molecular weight excluding hydrogens is 502 g/mol. The van der Waals surface area contributed by atoms with Crippen molar-refractivity contribution in [1.29, 1.82) is 0 Å². The molecule has 3 saturated carbocycles. The number of fused-ring (bicyclic) bond motifs is 5. The number of nitrogens with one attached hydrogen (secondary N) is 1. The molecule has 5 nitrogen and oxygen atoms in total. The van der Waals surface area contributed by atoms with Crippen LogP contribution < -0.4 is 10.1 Å². The SMILES string of the molecule is CC1(C)C2CCC(CNC(=O)c3nn(CCCCCCl)c4c3COc3cc(Br)ccc3-4)C1C2. The first kappa shape index (κ1) is 23.2. The number of carbonyl (C=O) groups excluding carboxylic acids is 1. The van der Waals surface area contributed by atoms with Crippen LogP contribution in [0.1, 0.15) is 68.4 Å². The molecule has 6 rings (SSSR count).